The molecule has 2 N–H and O–H groups in total. The number of carboxylic acid groups (broad SMARTS) is 1. The lowest BCUT2D eigenvalue weighted by Gasteiger charge is -2.09. The molecule has 0 spiro atoms. The van der Waals surface area contributed by atoms with Crippen LogP contribution < -0.4 is 5.32 Å². The van der Waals surface area contributed by atoms with E-state index in [0.717, 1.165) is 0 Å². The normalized spacial score (nSPS) is 23.8. The molecular formula is C14H16FNO3. The summed E-state index contributed by atoms with van der Waals surface area (Å²) in [7, 11) is 0. The minimum Gasteiger partial charge on any atom is -0.481 e. The van der Waals surface area contributed by atoms with Gasteiger partial charge in [-0.25, -0.2) is 4.39 Å². The number of hydrogen-bond donors (Lipinski definition) is 2. The highest BCUT2D eigenvalue weighted by Gasteiger charge is 2.65. The molecule has 2 rings (SSSR count). The van der Waals surface area contributed by atoms with Crippen molar-refractivity contribution in [2.45, 2.75) is 20.8 Å². The number of halogens is 1. The number of aryl methyl sites for hydroxylation is 1. The molecule has 1 fully saturated rings. The van der Waals surface area contributed by atoms with Gasteiger partial charge in [-0.05, 0) is 24.0 Å². The summed E-state index contributed by atoms with van der Waals surface area (Å²) >= 11 is 0. The van der Waals surface area contributed by atoms with Crippen molar-refractivity contribution in [3.8, 4) is 0 Å². The number of nitrogens with one attached hydrogen (secondary N) is 1. The van der Waals surface area contributed by atoms with Gasteiger partial charge in [0, 0.05) is 0 Å². The quantitative estimate of drug-likeness (QED) is 0.882. The van der Waals surface area contributed by atoms with Gasteiger partial charge in [0.05, 0.1) is 17.5 Å². The fraction of sp³-hybridized carbons (Fsp3) is 0.429. The lowest BCUT2D eigenvalue weighted by atomic mass is 10.1. The van der Waals surface area contributed by atoms with Crippen molar-refractivity contribution in [3.05, 3.63) is 29.6 Å². The maximum atomic E-state index is 13.6. The maximum absolute atomic E-state index is 13.6. The zero-order valence-electron chi connectivity index (χ0n) is 11.0. The number of carbonyl (C=O) groups excluding carboxylic acids is 1. The van der Waals surface area contributed by atoms with Crippen molar-refractivity contribution in [2.75, 3.05) is 5.32 Å². The van der Waals surface area contributed by atoms with Crippen LogP contribution in [0.2, 0.25) is 0 Å². The summed E-state index contributed by atoms with van der Waals surface area (Å²) in [5.41, 5.74) is 0.146. The van der Waals surface area contributed by atoms with Crippen LogP contribution in [-0.4, -0.2) is 17.0 Å². The van der Waals surface area contributed by atoms with E-state index in [1.54, 1.807) is 32.9 Å². The van der Waals surface area contributed by atoms with Crippen molar-refractivity contribution in [2.24, 2.45) is 17.3 Å². The average molecular weight is 265 g/mol. The Morgan fingerprint density at radius 2 is 1.95 bits per heavy atom. The van der Waals surface area contributed by atoms with Crippen molar-refractivity contribution < 1.29 is 19.1 Å². The molecule has 2 unspecified atom stereocenters. The average Bonchev–Trinajstić information content (AvgIpc) is 2.87. The monoisotopic (exact) mass is 265 g/mol. The molecule has 1 aromatic carbocycles. The lowest BCUT2D eigenvalue weighted by molar-refractivity contribution is -0.140. The van der Waals surface area contributed by atoms with Gasteiger partial charge < -0.3 is 10.4 Å². The van der Waals surface area contributed by atoms with Crippen LogP contribution in [0.4, 0.5) is 10.1 Å². The molecule has 1 aromatic rings. The summed E-state index contributed by atoms with van der Waals surface area (Å²) in [5.74, 6) is -3.27. The summed E-state index contributed by atoms with van der Waals surface area (Å²) in [6.45, 7) is 5.14. The second-order valence-electron chi connectivity index (χ2n) is 5.54. The second kappa shape index (κ2) is 4.33. The minimum atomic E-state index is -0.990. The predicted molar refractivity (Wildman–Crippen MR) is 68.2 cm³/mol. The van der Waals surface area contributed by atoms with Gasteiger partial charge in [0.1, 0.15) is 5.82 Å². The first kappa shape index (κ1) is 13.5. The van der Waals surface area contributed by atoms with E-state index in [1.807, 2.05) is 0 Å². The molecule has 1 aliphatic rings. The molecular weight excluding hydrogens is 249 g/mol. The highest BCUT2D eigenvalue weighted by molar-refractivity contribution is 6.00. The number of aliphatic carboxylic acids is 1. The number of hydrogen-bond acceptors (Lipinski definition) is 2. The SMILES string of the molecule is Cc1cccc(F)c1NC(=O)C1C(C(=O)O)C1(C)C. The van der Waals surface area contributed by atoms with E-state index in [0.29, 0.717) is 5.56 Å². The summed E-state index contributed by atoms with van der Waals surface area (Å²) < 4.78 is 13.6. The third-order valence-electron chi connectivity index (χ3n) is 3.85. The number of amides is 1. The molecule has 1 saturated carbocycles. The predicted octanol–water partition coefficient (Wildman–Crippen LogP) is 2.43. The molecule has 0 radical (unpaired) electrons. The number of carbonyl (C=O) groups is 2. The Balaban J connectivity index is 2.18. The molecule has 0 saturated heterocycles. The van der Waals surface area contributed by atoms with Gasteiger partial charge in [0.25, 0.3) is 0 Å². The van der Waals surface area contributed by atoms with Gasteiger partial charge in [-0.2, -0.15) is 0 Å². The molecule has 1 amide bonds. The summed E-state index contributed by atoms with van der Waals surface area (Å²) in [4.78, 5) is 23.1. The van der Waals surface area contributed by atoms with Crippen LogP contribution in [0.5, 0.6) is 0 Å². The topological polar surface area (TPSA) is 66.4 Å². The Morgan fingerprint density at radius 3 is 2.42 bits per heavy atom. The highest BCUT2D eigenvalue weighted by Crippen LogP contribution is 2.58. The van der Waals surface area contributed by atoms with Gasteiger partial charge in [0.2, 0.25) is 5.91 Å². The Labute approximate surface area is 110 Å². The van der Waals surface area contributed by atoms with Gasteiger partial charge in [0.15, 0.2) is 0 Å². The zero-order chi connectivity index (χ0) is 14.4. The zero-order valence-corrected chi connectivity index (χ0v) is 11.0. The highest BCUT2D eigenvalue weighted by atomic mass is 19.1. The molecule has 2 atom stereocenters. The van der Waals surface area contributed by atoms with E-state index in [2.05, 4.69) is 5.32 Å². The molecule has 4 nitrogen and oxygen atoms in total. The Kier molecular flexibility index (Phi) is 3.08. The van der Waals surface area contributed by atoms with Crippen molar-refractivity contribution in [1.29, 1.82) is 0 Å². The van der Waals surface area contributed by atoms with E-state index in [-0.39, 0.29) is 5.69 Å². The van der Waals surface area contributed by atoms with Crippen molar-refractivity contribution in [3.63, 3.8) is 0 Å². The first-order chi connectivity index (χ1) is 8.76. The van der Waals surface area contributed by atoms with Crippen LogP contribution in [0.3, 0.4) is 0 Å². The fourth-order valence-corrected chi connectivity index (χ4v) is 2.58. The first-order valence-electron chi connectivity index (χ1n) is 6.05. The second-order valence-corrected chi connectivity index (χ2v) is 5.54. The number of anilines is 1. The van der Waals surface area contributed by atoms with Crippen LogP contribution in [0, 0.1) is 30.0 Å². The van der Waals surface area contributed by atoms with E-state index < -0.39 is 34.9 Å². The van der Waals surface area contributed by atoms with Crippen LogP contribution in [-0.2, 0) is 9.59 Å². The fourth-order valence-electron chi connectivity index (χ4n) is 2.58. The number of benzene rings is 1. The van der Waals surface area contributed by atoms with Gasteiger partial charge in [-0.3, -0.25) is 9.59 Å². The third kappa shape index (κ3) is 2.20. The molecule has 102 valence electrons. The van der Waals surface area contributed by atoms with Crippen LogP contribution >= 0.6 is 0 Å². The molecule has 0 aliphatic heterocycles. The van der Waals surface area contributed by atoms with Gasteiger partial charge in [-0.15, -0.1) is 0 Å². The summed E-state index contributed by atoms with van der Waals surface area (Å²) in [5, 5.41) is 11.5. The third-order valence-corrected chi connectivity index (χ3v) is 3.85. The number of para-hydroxylation sites is 1. The molecule has 5 heteroatoms. The van der Waals surface area contributed by atoms with Crippen LogP contribution in [0.25, 0.3) is 0 Å². The minimum absolute atomic E-state index is 0.124. The summed E-state index contributed by atoms with van der Waals surface area (Å²) in [6, 6.07) is 4.50. The molecule has 19 heavy (non-hydrogen) atoms. The molecule has 0 heterocycles. The maximum Gasteiger partial charge on any atom is 0.307 e. The Bertz CT molecular complexity index is 533. The largest absolute Gasteiger partial charge is 0.481 e. The van der Waals surface area contributed by atoms with E-state index in [1.165, 1.54) is 6.07 Å². The smallest absolute Gasteiger partial charge is 0.307 e. The first-order valence-corrected chi connectivity index (χ1v) is 6.05. The van der Waals surface area contributed by atoms with E-state index in [9.17, 15) is 14.0 Å². The molecule has 0 bridgehead atoms. The summed E-state index contributed by atoms with van der Waals surface area (Å²) in [6.07, 6.45) is 0. The van der Waals surface area contributed by atoms with Crippen molar-refractivity contribution in [1.82, 2.24) is 0 Å². The van der Waals surface area contributed by atoms with Crippen LogP contribution in [0.1, 0.15) is 19.4 Å². The van der Waals surface area contributed by atoms with Gasteiger partial charge in [-0.1, -0.05) is 26.0 Å². The molecule has 1 aliphatic carbocycles. The molecule has 0 aromatic heterocycles. The number of carboxylic acids is 1. The van der Waals surface area contributed by atoms with E-state index in [4.69, 9.17) is 5.11 Å². The van der Waals surface area contributed by atoms with Gasteiger partial charge >= 0.3 is 5.97 Å². The standard InChI is InChI=1S/C14H16FNO3/c1-7-5-4-6-8(15)11(7)16-12(17)9-10(13(18)19)14(9,2)3/h4-6,9-10H,1-3H3,(H,16,17)(H,18,19). The van der Waals surface area contributed by atoms with Crippen LogP contribution in [0.15, 0.2) is 18.2 Å². The Morgan fingerprint density at radius 1 is 1.32 bits per heavy atom. The van der Waals surface area contributed by atoms with E-state index >= 15 is 0 Å². The van der Waals surface area contributed by atoms with Crippen molar-refractivity contribution >= 4 is 17.6 Å². The Hall–Kier alpha value is -1.91. The number of rotatable bonds is 3. The lowest BCUT2D eigenvalue weighted by Crippen LogP contribution is -2.19.